The fraction of sp³-hybridized carbons (Fsp3) is 0.364. The van der Waals surface area contributed by atoms with Crippen molar-refractivity contribution in [3.05, 3.63) is 38.9 Å². The van der Waals surface area contributed by atoms with E-state index in [0.29, 0.717) is 18.0 Å². The van der Waals surface area contributed by atoms with Gasteiger partial charge in [-0.05, 0) is 5.56 Å². The van der Waals surface area contributed by atoms with E-state index in [2.05, 4.69) is 5.32 Å². The molecule has 1 N–H and O–H groups in total. The molecule has 0 unspecified atom stereocenters. The smallest absolute Gasteiger partial charge is 0.270 e. The Labute approximate surface area is 104 Å². The fourth-order valence-corrected chi connectivity index (χ4v) is 1.99. The molecular weight excluding hydrogens is 244 g/mol. The molecule has 1 aromatic rings. The lowest BCUT2D eigenvalue weighted by Crippen LogP contribution is -2.32. The number of nitrogens with zero attached hydrogens (tertiary/aromatic N) is 1. The van der Waals surface area contributed by atoms with Gasteiger partial charge < -0.3 is 5.32 Å². The van der Waals surface area contributed by atoms with Crippen molar-refractivity contribution in [3.8, 4) is 0 Å². The topological polar surface area (TPSA) is 72.2 Å². The summed E-state index contributed by atoms with van der Waals surface area (Å²) in [5, 5.41) is 13.5. The first-order valence-corrected chi connectivity index (χ1v) is 5.38. The number of non-ortho nitro benzene ring substituents is 1. The molecule has 0 bridgehead atoms. The first-order chi connectivity index (χ1) is 7.88. The van der Waals surface area contributed by atoms with E-state index < -0.39 is 4.92 Å². The van der Waals surface area contributed by atoms with Crippen LogP contribution in [0.4, 0.5) is 5.69 Å². The zero-order valence-corrected chi connectivity index (χ0v) is 10.3. The minimum atomic E-state index is -0.494. The number of hydrogen-bond donors (Lipinski definition) is 1. The maximum atomic E-state index is 10.6. The van der Waals surface area contributed by atoms with Crippen LogP contribution in [0.1, 0.15) is 19.4 Å². The summed E-state index contributed by atoms with van der Waals surface area (Å²) in [5.41, 5.74) is 0.338. The molecule has 6 heteroatoms. The molecule has 0 aromatic heterocycles. The predicted molar refractivity (Wildman–Crippen MR) is 65.2 cm³/mol. The van der Waals surface area contributed by atoms with E-state index in [9.17, 15) is 14.9 Å². The molecular formula is C11H13ClN2O3. The fourth-order valence-electron chi connectivity index (χ4n) is 1.56. The Hall–Kier alpha value is -1.62. The number of amides is 1. The van der Waals surface area contributed by atoms with Crippen LogP contribution in [0.25, 0.3) is 0 Å². The van der Waals surface area contributed by atoms with Crippen molar-refractivity contribution in [2.75, 3.05) is 6.54 Å². The molecule has 1 amide bonds. The Kier molecular flexibility index (Phi) is 4.07. The molecule has 0 fully saturated rings. The van der Waals surface area contributed by atoms with Gasteiger partial charge in [-0.3, -0.25) is 14.9 Å². The van der Waals surface area contributed by atoms with Crippen molar-refractivity contribution in [2.45, 2.75) is 19.3 Å². The Morgan fingerprint density at radius 3 is 2.65 bits per heavy atom. The highest BCUT2D eigenvalue weighted by atomic mass is 35.5. The Morgan fingerprint density at radius 1 is 1.53 bits per heavy atom. The summed E-state index contributed by atoms with van der Waals surface area (Å²) in [6.45, 7) is 4.21. The van der Waals surface area contributed by atoms with Gasteiger partial charge in [0.1, 0.15) is 0 Å². The molecule has 1 rings (SSSR count). The molecule has 0 aliphatic heterocycles. The molecule has 0 atom stereocenters. The van der Waals surface area contributed by atoms with Crippen molar-refractivity contribution >= 4 is 23.7 Å². The third-order valence-corrected chi connectivity index (χ3v) is 2.83. The standard InChI is InChI=1S/C11H13ClN2O3/c1-11(2,6-13-7-15)9-4-3-8(14(16)17)5-10(9)12/h3-5,7H,6H2,1-2H3,(H,13,15). The van der Waals surface area contributed by atoms with Gasteiger partial charge in [-0.25, -0.2) is 0 Å². The molecule has 1 aromatic carbocycles. The van der Waals surface area contributed by atoms with Crippen molar-refractivity contribution in [3.63, 3.8) is 0 Å². The van der Waals surface area contributed by atoms with E-state index in [4.69, 9.17) is 11.6 Å². The predicted octanol–water partition coefficient (Wildman–Crippen LogP) is 2.27. The van der Waals surface area contributed by atoms with Gasteiger partial charge in [0.15, 0.2) is 0 Å². The molecule has 0 saturated heterocycles. The summed E-state index contributed by atoms with van der Waals surface area (Å²) in [7, 11) is 0. The second-order valence-corrected chi connectivity index (χ2v) is 4.71. The number of rotatable bonds is 5. The summed E-state index contributed by atoms with van der Waals surface area (Å²) in [6.07, 6.45) is 0.612. The Morgan fingerprint density at radius 2 is 2.18 bits per heavy atom. The molecule has 17 heavy (non-hydrogen) atoms. The highest BCUT2D eigenvalue weighted by molar-refractivity contribution is 6.31. The molecule has 0 aliphatic carbocycles. The van der Waals surface area contributed by atoms with Crippen LogP contribution in [0.5, 0.6) is 0 Å². The SMILES string of the molecule is CC(C)(CNC=O)c1ccc([N+](=O)[O-])cc1Cl. The second-order valence-electron chi connectivity index (χ2n) is 4.30. The van der Waals surface area contributed by atoms with E-state index in [1.165, 1.54) is 12.1 Å². The molecule has 0 heterocycles. The quantitative estimate of drug-likeness (QED) is 0.499. The average Bonchev–Trinajstić information content (AvgIpc) is 2.25. The van der Waals surface area contributed by atoms with Gasteiger partial charge >= 0.3 is 0 Å². The Balaban J connectivity index is 3.06. The highest BCUT2D eigenvalue weighted by Gasteiger charge is 2.24. The van der Waals surface area contributed by atoms with Gasteiger partial charge in [0.25, 0.3) is 5.69 Å². The third-order valence-electron chi connectivity index (χ3n) is 2.52. The van der Waals surface area contributed by atoms with Gasteiger partial charge in [0, 0.05) is 24.1 Å². The molecule has 0 saturated carbocycles. The number of nitro groups is 1. The molecule has 92 valence electrons. The molecule has 0 aliphatic rings. The average molecular weight is 257 g/mol. The Bertz CT molecular complexity index is 446. The van der Waals surface area contributed by atoms with Crippen molar-refractivity contribution in [1.29, 1.82) is 0 Å². The zero-order chi connectivity index (χ0) is 13.1. The summed E-state index contributed by atoms with van der Waals surface area (Å²) < 4.78 is 0. The lowest BCUT2D eigenvalue weighted by molar-refractivity contribution is -0.384. The van der Waals surface area contributed by atoms with Crippen LogP contribution >= 0.6 is 11.6 Å². The van der Waals surface area contributed by atoms with Crippen LogP contribution in [0.3, 0.4) is 0 Å². The number of halogens is 1. The first-order valence-electron chi connectivity index (χ1n) is 5.00. The summed E-state index contributed by atoms with van der Waals surface area (Å²) in [4.78, 5) is 20.4. The van der Waals surface area contributed by atoms with E-state index in [0.717, 1.165) is 5.56 Å². The highest BCUT2D eigenvalue weighted by Crippen LogP contribution is 2.31. The zero-order valence-electron chi connectivity index (χ0n) is 9.57. The van der Waals surface area contributed by atoms with Gasteiger partial charge in [-0.15, -0.1) is 0 Å². The molecule has 0 radical (unpaired) electrons. The van der Waals surface area contributed by atoms with Gasteiger partial charge in [-0.1, -0.05) is 31.5 Å². The van der Waals surface area contributed by atoms with Gasteiger partial charge in [0.2, 0.25) is 6.41 Å². The maximum Gasteiger partial charge on any atom is 0.270 e. The lowest BCUT2D eigenvalue weighted by Gasteiger charge is -2.25. The normalized spacial score (nSPS) is 11.0. The largest absolute Gasteiger partial charge is 0.358 e. The van der Waals surface area contributed by atoms with Crippen LogP contribution in [-0.2, 0) is 10.2 Å². The minimum absolute atomic E-state index is 0.0436. The number of carbonyl (C=O) groups excluding carboxylic acids is 1. The number of nitro benzene ring substituents is 1. The molecule has 5 nitrogen and oxygen atoms in total. The monoisotopic (exact) mass is 256 g/mol. The number of benzene rings is 1. The summed E-state index contributed by atoms with van der Waals surface area (Å²) >= 11 is 6.02. The van der Waals surface area contributed by atoms with Crippen LogP contribution in [0.2, 0.25) is 5.02 Å². The number of hydrogen-bond acceptors (Lipinski definition) is 3. The summed E-state index contributed by atoms with van der Waals surface area (Å²) in [6, 6.07) is 4.34. The second kappa shape index (κ2) is 5.14. The van der Waals surface area contributed by atoms with Crippen molar-refractivity contribution in [1.82, 2.24) is 5.32 Å². The third kappa shape index (κ3) is 3.17. The van der Waals surface area contributed by atoms with E-state index in [1.807, 2.05) is 13.8 Å². The molecule has 0 spiro atoms. The number of carbonyl (C=O) groups is 1. The van der Waals surface area contributed by atoms with Gasteiger partial charge in [-0.2, -0.15) is 0 Å². The number of nitrogens with one attached hydrogen (secondary N) is 1. The van der Waals surface area contributed by atoms with Crippen molar-refractivity contribution < 1.29 is 9.72 Å². The lowest BCUT2D eigenvalue weighted by atomic mass is 9.84. The van der Waals surface area contributed by atoms with E-state index in [1.54, 1.807) is 6.07 Å². The van der Waals surface area contributed by atoms with E-state index >= 15 is 0 Å². The van der Waals surface area contributed by atoms with Crippen molar-refractivity contribution in [2.24, 2.45) is 0 Å². The van der Waals surface area contributed by atoms with Crippen LogP contribution in [-0.4, -0.2) is 17.9 Å². The van der Waals surface area contributed by atoms with Crippen LogP contribution in [0.15, 0.2) is 18.2 Å². The summed E-state index contributed by atoms with van der Waals surface area (Å²) in [5.74, 6) is 0. The maximum absolute atomic E-state index is 10.6. The van der Waals surface area contributed by atoms with Gasteiger partial charge in [0.05, 0.1) is 9.95 Å². The first kappa shape index (κ1) is 13.4. The van der Waals surface area contributed by atoms with Crippen LogP contribution < -0.4 is 5.32 Å². The van der Waals surface area contributed by atoms with E-state index in [-0.39, 0.29) is 11.1 Å². The van der Waals surface area contributed by atoms with Crippen LogP contribution in [0, 0.1) is 10.1 Å². The minimum Gasteiger partial charge on any atom is -0.358 e.